The summed E-state index contributed by atoms with van der Waals surface area (Å²) < 4.78 is 10.5. The highest BCUT2D eigenvalue weighted by molar-refractivity contribution is 5.97. The maximum Gasteiger partial charge on any atom is 0.338 e. The molecule has 1 aliphatic rings. The van der Waals surface area contributed by atoms with E-state index in [0.717, 1.165) is 38.4 Å². The van der Waals surface area contributed by atoms with Crippen LogP contribution in [0.4, 0.5) is 5.69 Å². The SMILES string of the molecule is CN(C)C(=O)c1ccc(NC(=O)COC(=O)c2ccc(CN3CCOCC3)cc2)cc1. The van der Waals surface area contributed by atoms with Gasteiger partial charge in [0, 0.05) is 45.0 Å². The van der Waals surface area contributed by atoms with Crippen LogP contribution in [0, 0.1) is 0 Å². The zero-order valence-corrected chi connectivity index (χ0v) is 17.8. The Morgan fingerprint density at radius 2 is 1.58 bits per heavy atom. The smallest absolute Gasteiger partial charge is 0.338 e. The van der Waals surface area contributed by atoms with Crippen LogP contribution >= 0.6 is 0 Å². The molecule has 3 rings (SSSR count). The molecule has 1 N–H and O–H groups in total. The first kappa shape index (κ1) is 22.5. The lowest BCUT2D eigenvalue weighted by Gasteiger charge is -2.26. The second kappa shape index (κ2) is 10.7. The topological polar surface area (TPSA) is 88.2 Å². The van der Waals surface area contributed by atoms with Gasteiger partial charge in [-0.15, -0.1) is 0 Å². The Morgan fingerprint density at radius 1 is 0.968 bits per heavy atom. The molecule has 0 aromatic heterocycles. The number of rotatable bonds is 7. The third kappa shape index (κ3) is 6.63. The summed E-state index contributed by atoms with van der Waals surface area (Å²) in [6, 6.07) is 13.7. The highest BCUT2D eigenvalue weighted by Crippen LogP contribution is 2.12. The standard InChI is InChI=1S/C23H27N3O5/c1-25(2)22(28)18-7-9-20(10-8-18)24-21(27)16-31-23(29)19-5-3-17(4-6-19)15-26-11-13-30-14-12-26/h3-10H,11-16H2,1-2H3,(H,24,27). The Kier molecular flexibility index (Phi) is 7.75. The number of carbonyl (C=O) groups is 3. The second-order valence-electron chi connectivity index (χ2n) is 7.49. The zero-order chi connectivity index (χ0) is 22.2. The number of hydrogen-bond acceptors (Lipinski definition) is 6. The van der Waals surface area contributed by atoms with Gasteiger partial charge in [0.25, 0.3) is 11.8 Å². The van der Waals surface area contributed by atoms with E-state index in [2.05, 4.69) is 10.2 Å². The minimum Gasteiger partial charge on any atom is -0.452 e. The third-order valence-corrected chi connectivity index (χ3v) is 4.86. The Morgan fingerprint density at radius 3 is 2.19 bits per heavy atom. The van der Waals surface area contributed by atoms with Crippen molar-refractivity contribution in [3.8, 4) is 0 Å². The Bertz CT molecular complexity index is 904. The summed E-state index contributed by atoms with van der Waals surface area (Å²) in [6.45, 7) is 3.68. The molecule has 0 spiro atoms. The van der Waals surface area contributed by atoms with Crippen molar-refractivity contribution in [1.29, 1.82) is 0 Å². The number of amides is 2. The van der Waals surface area contributed by atoms with Crippen molar-refractivity contribution in [2.75, 3.05) is 52.3 Å². The molecule has 0 radical (unpaired) electrons. The highest BCUT2D eigenvalue weighted by atomic mass is 16.5. The van der Waals surface area contributed by atoms with E-state index in [-0.39, 0.29) is 5.91 Å². The van der Waals surface area contributed by atoms with Crippen molar-refractivity contribution in [2.24, 2.45) is 0 Å². The number of esters is 1. The maximum atomic E-state index is 12.2. The van der Waals surface area contributed by atoms with Gasteiger partial charge in [-0.1, -0.05) is 12.1 Å². The monoisotopic (exact) mass is 425 g/mol. The van der Waals surface area contributed by atoms with E-state index in [9.17, 15) is 14.4 Å². The lowest BCUT2D eigenvalue weighted by molar-refractivity contribution is -0.119. The molecule has 0 saturated carbocycles. The van der Waals surface area contributed by atoms with Crippen molar-refractivity contribution in [3.05, 3.63) is 65.2 Å². The quantitative estimate of drug-likeness (QED) is 0.683. The van der Waals surface area contributed by atoms with Crippen LogP contribution in [0.3, 0.4) is 0 Å². The lowest BCUT2D eigenvalue weighted by atomic mass is 10.1. The number of nitrogens with one attached hydrogen (secondary N) is 1. The van der Waals surface area contributed by atoms with Crippen LogP contribution in [0.15, 0.2) is 48.5 Å². The number of hydrogen-bond donors (Lipinski definition) is 1. The molecule has 2 aromatic carbocycles. The first-order valence-corrected chi connectivity index (χ1v) is 10.1. The average Bonchev–Trinajstić information content (AvgIpc) is 2.78. The van der Waals surface area contributed by atoms with Crippen molar-refractivity contribution in [2.45, 2.75) is 6.54 Å². The van der Waals surface area contributed by atoms with Crippen molar-refractivity contribution < 1.29 is 23.9 Å². The maximum absolute atomic E-state index is 12.2. The van der Waals surface area contributed by atoms with E-state index in [1.54, 1.807) is 50.5 Å². The Hall–Kier alpha value is -3.23. The van der Waals surface area contributed by atoms with E-state index in [1.165, 1.54) is 4.90 Å². The molecule has 8 nitrogen and oxygen atoms in total. The molecular formula is C23H27N3O5. The van der Waals surface area contributed by atoms with Gasteiger partial charge in [-0.25, -0.2) is 4.79 Å². The number of anilines is 1. The minimum absolute atomic E-state index is 0.122. The lowest BCUT2D eigenvalue weighted by Crippen LogP contribution is -2.35. The van der Waals surface area contributed by atoms with Gasteiger partial charge in [-0.2, -0.15) is 0 Å². The van der Waals surface area contributed by atoms with Crippen molar-refractivity contribution in [3.63, 3.8) is 0 Å². The van der Waals surface area contributed by atoms with Crippen LogP contribution in [-0.4, -0.2) is 74.6 Å². The minimum atomic E-state index is -0.556. The number of ether oxygens (including phenoxy) is 2. The predicted molar refractivity (Wildman–Crippen MR) is 116 cm³/mol. The average molecular weight is 425 g/mol. The first-order valence-electron chi connectivity index (χ1n) is 10.1. The second-order valence-corrected chi connectivity index (χ2v) is 7.49. The normalized spacial score (nSPS) is 14.0. The molecule has 1 heterocycles. The molecule has 31 heavy (non-hydrogen) atoms. The first-order chi connectivity index (χ1) is 14.9. The fourth-order valence-electron chi connectivity index (χ4n) is 3.13. The Labute approximate surface area is 181 Å². The largest absolute Gasteiger partial charge is 0.452 e. The van der Waals surface area contributed by atoms with Gasteiger partial charge in [-0.3, -0.25) is 14.5 Å². The zero-order valence-electron chi connectivity index (χ0n) is 17.8. The van der Waals surface area contributed by atoms with Crippen LogP contribution in [0.1, 0.15) is 26.3 Å². The molecule has 0 aliphatic carbocycles. The summed E-state index contributed by atoms with van der Waals surface area (Å²) in [5.74, 6) is -1.13. The van der Waals surface area contributed by atoms with Crippen LogP contribution in [0.2, 0.25) is 0 Å². The molecule has 1 fully saturated rings. The Balaban J connectivity index is 1.45. The molecule has 2 aromatic rings. The molecule has 0 atom stereocenters. The van der Waals surface area contributed by atoms with E-state index in [0.29, 0.717) is 16.8 Å². The van der Waals surface area contributed by atoms with E-state index >= 15 is 0 Å². The summed E-state index contributed by atoms with van der Waals surface area (Å²) in [5.41, 5.74) is 2.53. The van der Waals surface area contributed by atoms with Crippen LogP contribution in [0.25, 0.3) is 0 Å². The number of morpholine rings is 1. The third-order valence-electron chi connectivity index (χ3n) is 4.86. The molecule has 2 amide bonds. The summed E-state index contributed by atoms with van der Waals surface area (Å²) >= 11 is 0. The van der Waals surface area contributed by atoms with E-state index in [1.807, 2.05) is 12.1 Å². The summed E-state index contributed by atoms with van der Waals surface area (Å²) in [7, 11) is 3.34. The van der Waals surface area contributed by atoms with Gasteiger partial charge in [0.15, 0.2) is 6.61 Å². The van der Waals surface area contributed by atoms with Crippen molar-refractivity contribution in [1.82, 2.24) is 9.80 Å². The van der Waals surface area contributed by atoms with Gasteiger partial charge in [0.2, 0.25) is 0 Å². The predicted octanol–water partition coefficient (Wildman–Crippen LogP) is 2.02. The van der Waals surface area contributed by atoms with Crippen molar-refractivity contribution >= 4 is 23.5 Å². The van der Waals surface area contributed by atoms with Crippen LogP contribution < -0.4 is 5.32 Å². The molecule has 8 heteroatoms. The van der Waals surface area contributed by atoms with Crippen LogP contribution in [-0.2, 0) is 20.8 Å². The van der Waals surface area contributed by atoms with Gasteiger partial charge in [0.1, 0.15) is 0 Å². The van der Waals surface area contributed by atoms with Crippen LogP contribution in [0.5, 0.6) is 0 Å². The van der Waals surface area contributed by atoms with Gasteiger partial charge < -0.3 is 19.7 Å². The molecule has 164 valence electrons. The number of benzene rings is 2. The fourth-order valence-corrected chi connectivity index (χ4v) is 3.13. The molecule has 1 saturated heterocycles. The number of nitrogens with zero attached hydrogens (tertiary/aromatic N) is 2. The van der Waals surface area contributed by atoms with E-state index in [4.69, 9.17) is 9.47 Å². The van der Waals surface area contributed by atoms with Gasteiger partial charge in [0.05, 0.1) is 18.8 Å². The molecule has 0 bridgehead atoms. The van der Waals surface area contributed by atoms with E-state index < -0.39 is 18.5 Å². The number of carbonyl (C=O) groups excluding carboxylic acids is 3. The summed E-state index contributed by atoms with van der Waals surface area (Å²) in [4.78, 5) is 39.9. The summed E-state index contributed by atoms with van der Waals surface area (Å²) in [5, 5.41) is 2.64. The molecular weight excluding hydrogens is 398 g/mol. The summed E-state index contributed by atoms with van der Waals surface area (Å²) in [6.07, 6.45) is 0. The van der Waals surface area contributed by atoms with Gasteiger partial charge in [-0.05, 0) is 42.0 Å². The fraction of sp³-hybridized carbons (Fsp3) is 0.348. The van der Waals surface area contributed by atoms with Gasteiger partial charge >= 0.3 is 5.97 Å². The highest BCUT2D eigenvalue weighted by Gasteiger charge is 2.13. The molecule has 0 unspecified atom stereocenters. The molecule has 1 aliphatic heterocycles.